The molecule has 1 aromatic heterocycles. The van der Waals surface area contributed by atoms with E-state index in [1.54, 1.807) is 47.9 Å². The van der Waals surface area contributed by atoms with Crippen LogP contribution >= 0.6 is 23.1 Å². The highest BCUT2D eigenvalue weighted by Gasteiger charge is 2.24. The minimum atomic E-state index is -0.428. The van der Waals surface area contributed by atoms with Crippen LogP contribution in [-0.2, 0) is 4.79 Å². The fourth-order valence-corrected chi connectivity index (χ4v) is 3.07. The molecule has 7 heteroatoms. The number of carbonyl (C=O) groups excluding carboxylic acids is 3. The summed E-state index contributed by atoms with van der Waals surface area (Å²) in [5.41, 5.74) is 0.670. The molecule has 2 aromatic rings. The summed E-state index contributed by atoms with van der Waals surface area (Å²) in [4.78, 5) is 35.3. The molecule has 0 aliphatic carbocycles. The zero-order valence-electron chi connectivity index (χ0n) is 11.1. The second-order valence-corrected chi connectivity index (χ2v) is 6.25. The number of hydrogen-bond acceptors (Lipinski definition) is 6. The van der Waals surface area contributed by atoms with Gasteiger partial charge in [0.15, 0.2) is 0 Å². The van der Waals surface area contributed by atoms with Crippen LogP contribution in [0.1, 0.15) is 15.2 Å². The van der Waals surface area contributed by atoms with E-state index in [-0.39, 0.29) is 0 Å². The van der Waals surface area contributed by atoms with Gasteiger partial charge in [0.1, 0.15) is 10.6 Å². The molecule has 1 aliphatic rings. The van der Waals surface area contributed by atoms with Crippen LogP contribution in [-0.4, -0.2) is 17.1 Å². The molecule has 2 heterocycles. The number of amides is 2. The normalized spacial score (nSPS) is 15.9. The maximum atomic E-state index is 11.9. The third-order valence-corrected chi connectivity index (χ3v) is 4.39. The molecule has 1 saturated heterocycles. The fraction of sp³-hybridized carbons (Fsp3) is 0. The van der Waals surface area contributed by atoms with Crippen LogP contribution in [0.2, 0.25) is 0 Å². The van der Waals surface area contributed by atoms with Crippen molar-refractivity contribution in [1.29, 1.82) is 0 Å². The first-order chi connectivity index (χ1) is 10.6. The molecule has 2 amide bonds. The summed E-state index contributed by atoms with van der Waals surface area (Å²) in [6, 6.07) is 10.2. The van der Waals surface area contributed by atoms with E-state index in [1.165, 1.54) is 11.3 Å². The van der Waals surface area contributed by atoms with E-state index in [4.69, 9.17) is 4.74 Å². The standard InChI is InChI=1S/C15H9NO4S2/c17-13-12(22-15(19)16-13)8-9-3-1-4-10(7-9)20-14(18)11-5-2-6-21-11/h1-8H,(H,16,17,19)/b12-8-. The molecule has 0 spiro atoms. The van der Waals surface area contributed by atoms with Gasteiger partial charge in [-0.15, -0.1) is 11.3 Å². The molecule has 0 radical (unpaired) electrons. The molecule has 3 rings (SSSR count). The first kappa shape index (κ1) is 14.6. The molecular formula is C15H9NO4S2. The van der Waals surface area contributed by atoms with Crippen molar-refractivity contribution in [2.45, 2.75) is 0 Å². The molecule has 110 valence electrons. The maximum absolute atomic E-state index is 11.9. The topological polar surface area (TPSA) is 72.5 Å². The smallest absolute Gasteiger partial charge is 0.353 e. The summed E-state index contributed by atoms with van der Waals surface area (Å²) in [6.45, 7) is 0. The van der Waals surface area contributed by atoms with Crippen molar-refractivity contribution < 1.29 is 19.1 Å². The molecule has 0 bridgehead atoms. The lowest BCUT2D eigenvalue weighted by Crippen LogP contribution is -2.17. The Morgan fingerprint density at radius 2 is 2.05 bits per heavy atom. The van der Waals surface area contributed by atoms with Crippen molar-refractivity contribution >= 4 is 46.3 Å². The van der Waals surface area contributed by atoms with Crippen molar-refractivity contribution in [3.05, 3.63) is 57.1 Å². The lowest BCUT2D eigenvalue weighted by atomic mass is 10.2. The Kier molecular flexibility index (Phi) is 4.08. The molecule has 0 atom stereocenters. The maximum Gasteiger partial charge on any atom is 0.353 e. The molecule has 1 aromatic carbocycles. The summed E-state index contributed by atoms with van der Waals surface area (Å²) >= 11 is 2.14. The van der Waals surface area contributed by atoms with Crippen molar-refractivity contribution in [2.75, 3.05) is 0 Å². The van der Waals surface area contributed by atoms with Crippen molar-refractivity contribution in [3.63, 3.8) is 0 Å². The number of thioether (sulfide) groups is 1. The van der Waals surface area contributed by atoms with Gasteiger partial charge in [-0.3, -0.25) is 14.9 Å². The van der Waals surface area contributed by atoms with Gasteiger partial charge >= 0.3 is 5.97 Å². The van der Waals surface area contributed by atoms with Crippen molar-refractivity contribution in [3.8, 4) is 5.75 Å². The predicted molar refractivity (Wildman–Crippen MR) is 84.8 cm³/mol. The quantitative estimate of drug-likeness (QED) is 0.531. The van der Waals surface area contributed by atoms with Gasteiger partial charge in [-0.1, -0.05) is 18.2 Å². The highest BCUT2D eigenvalue weighted by atomic mass is 32.2. The van der Waals surface area contributed by atoms with E-state index in [0.717, 1.165) is 11.8 Å². The second kappa shape index (κ2) is 6.17. The summed E-state index contributed by atoms with van der Waals surface area (Å²) in [6.07, 6.45) is 1.58. The van der Waals surface area contributed by atoms with Crippen LogP contribution in [0.15, 0.2) is 46.7 Å². The number of thiophene rings is 1. The SMILES string of the molecule is O=C1NC(=O)/C(=C/c2cccc(OC(=O)c3cccs3)c2)S1. The Hall–Kier alpha value is -2.38. The first-order valence-corrected chi connectivity index (χ1v) is 7.92. The molecule has 0 saturated carbocycles. The van der Waals surface area contributed by atoms with Gasteiger partial charge in [-0.25, -0.2) is 4.79 Å². The minimum absolute atomic E-state index is 0.312. The Morgan fingerprint density at radius 1 is 1.18 bits per heavy atom. The zero-order valence-corrected chi connectivity index (χ0v) is 12.7. The average molecular weight is 331 g/mol. The Labute approximate surface area is 134 Å². The van der Waals surface area contributed by atoms with Gasteiger partial charge in [0.05, 0.1) is 4.91 Å². The molecule has 1 aliphatic heterocycles. The Bertz CT molecular complexity index is 781. The van der Waals surface area contributed by atoms with Crippen LogP contribution in [0.3, 0.4) is 0 Å². The van der Waals surface area contributed by atoms with E-state index in [0.29, 0.717) is 21.1 Å². The number of ether oxygens (including phenoxy) is 1. The number of imide groups is 1. The Morgan fingerprint density at radius 3 is 2.73 bits per heavy atom. The lowest BCUT2D eigenvalue weighted by Gasteiger charge is -2.03. The monoisotopic (exact) mass is 331 g/mol. The molecular weight excluding hydrogens is 322 g/mol. The van der Waals surface area contributed by atoms with Crippen LogP contribution in [0, 0.1) is 0 Å². The number of carbonyl (C=O) groups is 3. The first-order valence-electron chi connectivity index (χ1n) is 6.22. The lowest BCUT2D eigenvalue weighted by molar-refractivity contribution is -0.115. The molecule has 1 fully saturated rings. The summed E-state index contributed by atoms with van der Waals surface area (Å²) < 4.78 is 5.28. The number of rotatable bonds is 3. The average Bonchev–Trinajstić information content (AvgIpc) is 3.10. The molecule has 22 heavy (non-hydrogen) atoms. The van der Waals surface area contributed by atoms with E-state index in [2.05, 4.69) is 5.32 Å². The summed E-state index contributed by atoms with van der Waals surface area (Å²) in [5.74, 6) is -0.471. The number of hydrogen-bond donors (Lipinski definition) is 1. The zero-order chi connectivity index (χ0) is 15.5. The van der Waals surface area contributed by atoms with E-state index >= 15 is 0 Å². The number of nitrogens with one attached hydrogen (secondary N) is 1. The Balaban J connectivity index is 1.78. The van der Waals surface area contributed by atoms with Gasteiger partial charge in [0.25, 0.3) is 11.1 Å². The highest BCUT2D eigenvalue weighted by molar-refractivity contribution is 8.18. The molecule has 5 nitrogen and oxygen atoms in total. The van der Waals surface area contributed by atoms with Gasteiger partial charge in [-0.2, -0.15) is 0 Å². The number of esters is 1. The van der Waals surface area contributed by atoms with E-state index in [1.807, 2.05) is 0 Å². The van der Waals surface area contributed by atoms with Crippen molar-refractivity contribution in [2.24, 2.45) is 0 Å². The van der Waals surface area contributed by atoms with E-state index in [9.17, 15) is 14.4 Å². The van der Waals surface area contributed by atoms with Gasteiger partial charge in [-0.05, 0) is 47.0 Å². The van der Waals surface area contributed by atoms with Crippen molar-refractivity contribution in [1.82, 2.24) is 5.32 Å². The summed E-state index contributed by atoms with van der Waals surface area (Å²) in [7, 11) is 0. The van der Waals surface area contributed by atoms with Gasteiger partial charge < -0.3 is 4.74 Å². The molecule has 0 unspecified atom stereocenters. The minimum Gasteiger partial charge on any atom is -0.422 e. The second-order valence-electron chi connectivity index (χ2n) is 4.29. The van der Waals surface area contributed by atoms with Crippen LogP contribution in [0.5, 0.6) is 5.75 Å². The third-order valence-electron chi connectivity index (χ3n) is 2.73. The van der Waals surface area contributed by atoms with Crippen LogP contribution in [0.4, 0.5) is 4.79 Å². The van der Waals surface area contributed by atoms with Crippen LogP contribution < -0.4 is 10.1 Å². The van der Waals surface area contributed by atoms with E-state index < -0.39 is 17.1 Å². The largest absolute Gasteiger partial charge is 0.422 e. The van der Waals surface area contributed by atoms with Gasteiger partial charge in [0.2, 0.25) is 0 Å². The van der Waals surface area contributed by atoms with Crippen LogP contribution in [0.25, 0.3) is 6.08 Å². The number of benzene rings is 1. The summed E-state index contributed by atoms with van der Waals surface area (Å²) in [5, 5.41) is 3.59. The molecule has 1 N–H and O–H groups in total. The highest BCUT2D eigenvalue weighted by Crippen LogP contribution is 2.26. The third kappa shape index (κ3) is 3.26. The fourth-order valence-electron chi connectivity index (χ4n) is 1.79. The predicted octanol–water partition coefficient (Wildman–Crippen LogP) is 3.29. The van der Waals surface area contributed by atoms with Gasteiger partial charge in [0, 0.05) is 0 Å².